The average molecular weight is 381 g/mol. The van der Waals surface area contributed by atoms with Gasteiger partial charge in [-0.2, -0.15) is 10.2 Å². The van der Waals surface area contributed by atoms with E-state index in [-0.39, 0.29) is 5.91 Å². The van der Waals surface area contributed by atoms with Gasteiger partial charge >= 0.3 is 0 Å². The Morgan fingerprint density at radius 2 is 1.69 bits per heavy atom. The topological polar surface area (TPSA) is 72.2 Å². The van der Waals surface area contributed by atoms with Gasteiger partial charge in [0.2, 0.25) is 0 Å². The lowest BCUT2D eigenvalue weighted by Gasteiger charge is -2.01. The van der Waals surface area contributed by atoms with Gasteiger partial charge in [-0.25, -0.2) is 5.43 Å². The smallest absolute Gasteiger partial charge is 0.267 e. The Morgan fingerprint density at radius 1 is 0.966 bits per heavy atom. The van der Waals surface area contributed by atoms with Crippen LogP contribution in [0.1, 0.15) is 21.6 Å². The molecule has 4 aromatic rings. The fourth-order valence-electron chi connectivity index (χ4n) is 2.92. The standard InChI is InChI=1S/C23H19N5O/c29-23(21-13-7-8-14-24-21)26-25-15-20-17-28(16-18-9-3-1-4-10-18)27-22(20)19-11-5-2-6-12-19/h1-15,17H,16H2,(H,26,29)/b25-15+. The van der Waals surface area contributed by atoms with Gasteiger partial charge < -0.3 is 0 Å². The van der Waals surface area contributed by atoms with E-state index in [0.29, 0.717) is 12.2 Å². The number of pyridine rings is 1. The molecule has 2 aromatic heterocycles. The van der Waals surface area contributed by atoms with Gasteiger partial charge in [0.25, 0.3) is 5.91 Å². The van der Waals surface area contributed by atoms with Crippen LogP contribution in [0.15, 0.2) is 96.4 Å². The van der Waals surface area contributed by atoms with Crippen molar-refractivity contribution in [1.29, 1.82) is 0 Å². The number of rotatable bonds is 6. The maximum atomic E-state index is 12.1. The summed E-state index contributed by atoms with van der Waals surface area (Å²) in [6.07, 6.45) is 5.10. The van der Waals surface area contributed by atoms with Crippen molar-refractivity contribution < 1.29 is 4.79 Å². The lowest BCUT2D eigenvalue weighted by molar-refractivity contribution is 0.0950. The number of carbonyl (C=O) groups excluding carboxylic acids is 1. The van der Waals surface area contributed by atoms with Gasteiger partial charge in [0.1, 0.15) is 11.4 Å². The van der Waals surface area contributed by atoms with Gasteiger partial charge in [0.05, 0.1) is 12.8 Å². The Labute approximate surface area is 168 Å². The third-order valence-corrected chi connectivity index (χ3v) is 4.29. The number of hydrazone groups is 1. The fourth-order valence-corrected chi connectivity index (χ4v) is 2.92. The largest absolute Gasteiger partial charge is 0.289 e. The molecule has 0 unspecified atom stereocenters. The van der Waals surface area contributed by atoms with Gasteiger partial charge in [0, 0.05) is 23.5 Å². The molecule has 4 rings (SSSR count). The Balaban J connectivity index is 1.58. The summed E-state index contributed by atoms with van der Waals surface area (Å²) in [6.45, 7) is 0.648. The normalized spacial score (nSPS) is 10.9. The summed E-state index contributed by atoms with van der Waals surface area (Å²) < 4.78 is 1.87. The summed E-state index contributed by atoms with van der Waals surface area (Å²) >= 11 is 0. The van der Waals surface area contributed by atoms with E-state index < -0.39 is 0 Å². The van der Waals surface area contributed by atoms with E-state index in [4.69, 9.17) is 5.10 Å². The predicted octanol–water partition coefficient (Wildman–Crippen LogP) is 3.76. The van der Waals surface area contributed by atoms with Crippen LogP contribution in [0.4, 0.5) is 0 Å². The van der Waals surface area contributed by atoms with Crippen molar-refractivity contribution in [2.75, 3.05) is 0 Å². The molecule has 2 aromatic carbocycles. The SMILES string of the molecule is O=C(N/N=C/c1cn(Cc2ccccc2)nc1-c1ccccc1)c1ccccn1. The van der Waals surface area contributed by atoms with Crippen LogP contribution in [0.2, 0.25) is 0 Å². The van der Waals surface area contributed by atoms with Crippen molar-refractivity contribution in [3.8, 4) is 11.3 Å². The molecule has 0 fully saturated rings. The first-order valence-electron chi connectivity index (χ1n) is 9.21. The minimum atomic E-state index is -0.361. The monoisotopic (exact) mass is 381 g/mol. The molecule has 1 N–H and O–H groups in total. The first-order chi connectivity index (χ1) is 14.3. The Hall–Kier alpha value is -4.06. The number of benzene rings is 2. The first kappa shape index (κ1) is 18.3. The number of hydrogen-bond acceptors (Lipinski definition) is 4. The third kappa shape index (κ3) is 4.62. The van der Waals surface area contributed by atoms with Crippen molar-refractivity contribution in [3.05, 3.63) is 108 Å². The van der Waals surface area contributed by atoms with Crippen LogP contribution >= 0.6 is 0 Å². The van der Waals surface area contributed by atoms with Crippen LogP contribution in [0.5, 0.6) is 0 Å². The molecule has 0 bridgehead atoms. The second-order valence-corrected chi connectivity index (χ2v) is 6.40. The number of nitrogens with zero attached hydrogens (tertiary/aromatic N) is 4. The second kappa shape index (κ2) is 8.75. The minimum absolute atomic E-state index is 0.313. The van der Waals surface area contributed by atoms with Crippen molar-refractivity contribution in [2.24, 2.45) is 5.10 Å². The molecule has 0 saturated carbocycles. The third-order valence-electron chi connectivity index (χ3n) is 4.29. The van der Waals surface area contributed by atoms with E-state index in [9.17, 15) is 4.79 Å². The molecule has 6 nitrogen and oxygen atoms in total. The van der Waals surface area contributed by atoms with E-state index in [1.165, 1.54) is 0 Å². The van der Waals surface area contributed by atoms with E-state index in [1.54, 1.807) is 30.6 Å². The van der Waals surface area contributed by atoms with E-state index in [2.05, 4.69) is 27.6 Å². The van der Waals surface area contributed by atoms with Crippen LogP contribution < -0.4 is 5.43 Å². The molecule has 0 saturated heterocycles. The molecule has 0 aliphatic heterocycles. The highest BCUT2D eigenvalue weighted by Gasteiger charge is 2.11. The van der Waals surface area contributed by atoms with E-state index in [0.717, 1.165) is 22.4 Å². The first-order valence-corrected chi connectivity index (χ1v) is 9.21. The molecule has 0 aliphatic rings. The molecule has 0 atom stereocenters. The molecular formula is C23H19N5O. The zero-order valence-corrected chi connectivity index (χ0v) is 15.6. The number of hydrogen-bond donors (Lipinski definition) is 1. The molecule has 6 heteroatoms. The summed E-state index contributed by atoms with van der Waals surface area (Å²) in [7, 11) is 0. The highest BCUT2D eigenvalue weighted by Crippen LogP contribution is 2.21. The van der Waals surface area contributed by atoms with Gasteiger partial charge in [-0.3, -0.25) is 14.5 Å². The lowest BCUT2D eigenvalue weighted by Crippen LogP contribution is -2.18. The summed E-state index contributed by atoms with van der Waals surface area (Å²) in [5.74, 6) is -0.361. The molecule has 2 heterocycles. The lowest BCUT2D eigenvalue weighted by atomic mass is 10.1. The summed E-state index contributed by atoms with van der Waals surface area (Å²) in [5, 5.41) is 8.84. The van der Waals surface area contributed by atoms with Crippen molar-refractivity contribution in [2.45, 2.75) is 6.54 Å². The van der Waals surface area contributed by atoms with Crippen LogP contribution in [-0.2, 0) is 6.54 Å². The Morgan fingerprint density at radius 3 is 2.41 bits per heavy atom. The van der Waals surface area contributed by atoms with Gasteiger partial charge in [-0.1, -0.05) is 66.7 Å². The Bertz CT molecular complexity index is 1110. The molecule has 29 heavy (non-hydrogen) atoms. The summed E-state index contributed by atoms with van der Waals surface area (Å²) in [4.78, 5) is 16.1. The highest BCUT2D eigenvalue weighted by atomic mass is 16.2. The maximum absolute atomic E-state index is 12.1. The molecule has 0 aliphatic carbocycles. The fraction of sp³-hybridized carbons (Fsp3) is 0.0435. The van der Waals surface area contributed by atoms with E-state index in [1.807, 2.05) is 59.4 Å². The molecule has 0 radical (unpaired) electrons. The highest BCUT2D eigenvalue weighted by molar-refractivity contribution is 5.94. The van der Waals surface area contributed by atoms with Crippen LogP contribution in [0, 0.1) is 0 Å². The minimum Gasteiger partial charge on any atom is -0.267 e. The van der Waals surface area contributed by atoms with Crippen LogP contribution in [0.3, 0.4) is 0 Å². The number of aromatic nitrogens is 3. The number of nitrogens with one attached hydrogen (secondary N) is 1. The molecule has 1 amide bonds. The zero-order valence-electron chi connectivity index (χ0n) is 15.6. The average Bonchev–Trinajstić information content (AvgIpc) is 3.18. The molecule has 0 spiro atoms. The second-order valence-electron chi connectivity index (χ2n) is 6.40. The quantitative estimate of drug-likeness (QED) is 0.408. The Kier molecular flexibility index (Phi) is 5.53. The van der Waals surface area contributed by atoms with Crippen molar-refractivity contribution in [1.82, 2.24) is 20.2 Å². The summed E-state index contributed by atoms with van der Waals surface area (Å²) in [6, 6.07) is 25.2. The summed E-state index contributed by atoms with van der Waals surface area (Å²) in [5.41, 5.74) is 6.58. The maximum Gasteiger partial charge on any atom is 0.289 e. The molecular weight excluding hydrogens is 362 g/mol. The van der Waals surface area contributed by atoms with Crippen LogP contribution in [0.25, 0.3) is 11.3 Å². The molecule has 142 valence electrons. The van der Waals surface area contributed by atoms with Crippen molar-refractivity contribution >= 4 is 12.1 Å². The zero-order chi connectivity index (χ0) is 19.9. The van der Waals surface area contributed by atoms with E-state index >= 15 is 0 Å². The van der Waals surface area contributed by atoms with Gasteiger partial charge in [0.15, 0.2) is 0 Å². The van der Waals surface area contributed by atoms with Crippen molar-refractivity contribution in [3.63, 3.8) is 0 Å². The number of amides is 1. The van der Waals surface area contributed by atoms with Crippen LogP contribution in [-0.4, -0.2) is 26.9 Å². The predicted molar refractivity (Wildman–Crippen MR) is 113 cm³/mol. The number of carbonyl (C=O) groups is 1. The van der Waals surface area contributed by atoms with Gasteiger partial charge in [-0.15, -0.1) is 0 Å². The van der Waals surface area contributed by atoms with Gasteiger partial charge in [-0.05, 0) is 17.7 Å².